The summed E-state index contributed by atoms with van der Waals surface area (Å²) >= 11 is 0. The predicted octanol–water partition coefficient (Wildman–Crippen LogP) is 1.56. The van der Waals surface area contributed by atoms with E-state index >= 15 is 0 Å². The largest absolute Gasteiger partial charge is 0.482 e. The molecule has 146 valence electrons. The van der Waals surface area contributed by atoms with Crippen LogP contribution < -0.4 is 24.4 Å². The van der Waals surface area contributed by atoms with Gasteiger partial charge in [0, 0.05) is 7.05 Å². The first-order valence-corrected chi connectivity index (χ1v) is 9.91. The average molecular weight is 403 g/mol. The third-order valence-corrected chi connectivity index (χ3v) is 5.87. The number of fused-ring (bicyclic) bond motifs is 2. The molecule has 2 N–H and O–H groups in total. The molecule has 0 saturated heterocycles. The van der Waals surface area contributed by atoms with E-state index in [2.05, 4.69) is 10.0 Å². The van der Waals surface area contributed by atoms with E-state index in [0.29, 0.717) is 17.2 Å². The summed E-state index contributed by atoms with van der Waals surface area (Å²) in [6.45, 7) is 1.54. The molecule has 9 nitrogen and oxygen atoms in total. The van der Waals surface area contributed by atoms with Gasteiger partial charge >= 0.3 is 0 Å². The van der Waals surface area contributed by atoms with E-state index in [1.54, 1.807) is 26.1 Å². The highest BCUT2D eigenvalue weighted by Crippen LogP contribution is 2.35. The summed E-state index contributed by atoms with van der Waals surface area (Å²) in [6, 6.07) is 8.88. The first-order valence-electron chi connectivity index (χ1n) is 8.42. The van der Waals surface area contributed by atoms with Gasteiger partial charge in [-0.15, -0.1) is 0 Å². The Morgan fingerprint density at radius 1 is 1.14 bits per heavy atom. The number of likely N-dealkylation sites (N-methyl/N-ethyl adjacent to an activating group) is 1. The summed E-state index contributed by atoms with van der Waals surface area (Å²) in [5.74, 6) is 0.314. The molecule has 0 aliphatic carbocycles. The van der Waals surface area contributed by atoms with E-state index in [-0.39, 0.29) is 34.7 Å². The third kappa shape index (κ3) is 3.11. The van der Waals surface area contributed by atoms with E-state index in [1.807, 2.05) is 0 Å². The van der Waals surface area contributed by atoms with Crippen molar-refractivity contribution >= 4 is 38.9 Å². The van der Waals surface area contributed by atoms with Gasteiger partial charge in [0.25, 0.3) is 21.8 Å². The fourth-order valence-corrected chi connectivity index (χ4v) is 3.98. The van der Waals surface area contributed by atoms with E-state index in [0.717, 1.165) is 0 Å². The highest BCUT2D eigenvalue weighted by Gasteiger charge is 2.27. The lowest BCUT2D eigenvalue weighted by molar-refractivity contribution is -0.123. The van der Waals surface area contributed by atoms with Crippen molar-refractivity contribution < 1.29 is 27.5 Å². The number of carbonyl (C=O) groups excluding carboxylic acids is 2. The number of hydrogen-bond acceptors (Lipinski definition) is 6. The highest BCUT2D eigenvalue weighted by molar-refractivity contribution is 7.92. The molecule has 2 heterocycles. The summed E-state index contributed by atoms with van der Waals surface area (Å²) in [5.41, 5.74) is 1.03. The zero-order chi connectivity index (χ0) is 20.1. The van der Waals surface area contributed by atoms with Crippen molar-refractivity contribution in [1.29, 1.82) is 0 Å². The molecule has 1 atom stereocenters. The number of rotatable bonds is 3. The number of amides is 2. The molecule has 2 amide bonds. The van der Waals surface area contributed by atoms with E-state index < -0.39 is 16.1 Å². The van der Waals surface area contributed by atoms with Crippen LogP contribution in [0.1, 0.15) is 6.92 Å². The molecule has 0 saturated carbocycles. The fourth-order valence-electron chi connectivity index (χ4n) is 2.90. The Morgan fingerprint density at radius 3 is 2.68 bits per heavy atom. The number of carbonyl (C=O) groups is 2. The number of ether oxygens (including phenoxy) is 2. The van der Waals surface area contributed by atoms with Gasteiger partial charge in [0.05, 0.1) is 22.0 Å². The summed E-state index contributed by atoms with van der Waals surface area (Å²) in [7, 11) is -2.34. The van der Waals surface area contributed by atoms with Gasteiger partial charge in [-0.25, -0.2) is 8.42 Å². The first kappa shape index (κ1) is 18.1. The Balaban J connectivity index is 1.63. The molecular weight excluding hydrogens is 386 g/mol. The second-order valence-electron chi connectivity index (χ2n) is 6.44. The van der Waals surface area contributed by atoms with Crippen LogP contribution in [-0.4, -0.2) is 40.0 Å². The van der Waals surface area contributed by atoms with Crippen LogP contribution in [0.25, 0.3) is 0 Å². The lowest BCUT2D eigenvalue weighted by Crippen LogP contribution is -2.35. The van der Waals surface area contributed by atoms with Crippen LogP contribution in [0.2, 0.25) is 0 Å². The van der Waals surface area contributed by atoms with Gasteiger partial charge in [0.2, 0.25) is 0 Å². The van der Waals surface area contributed by atoms with Crippen LogP contribution in [0.15, 0.2) is 41.3 Å². The van der Waals surface area contributed by atoms with Gasteiger partial charge in [0.1, 0.15) is 11.5 Å². The Hall–Kier alpha value is -3.27. The minimum absolute atomic E-state index is 0.0388. The molecule has 10 heteroatoms. The van der Waals surface area contributed by atoms with E-state index in [9.17, 15) is 18.0 Å². The molecule has 0 spiro atoms. The van der Waals surface area contributed by atoms with Crippen molar-refractivity contribution in [2.24, 2.45) is 0 Å². The lowest BCUT2D eigenvalue weighted by Gasteiger charge is -2.26. The number of anilines is 3. The molecule has 2 aliphatic rings. The molecule has 2 aliphatic heterocycles. The van der Waals surface area contributed by atoms with Crippen molar-refractivity contribution in [3.8, 4) is 11.5 Å². The number of sulfonamides is 1. The molecule has 0 aromatic heterocycles. The van der Waals surface area contributed by atoms with E-state index in [1.165, 1.54) is 29.2 Å². The maximum Gasteiger partial charge on any atom is 0.265 e. The maximum absolute atomic E-state index is 12.8. The van der Waals surface area contributed by atoms with Gasteiger partial charge in [-0.2, -0.15) is 0 Å². The Kier molecular flexibility index (Phi) is 4.15. The van der Waals surface area contributed by atoms with Crippen LogP contribution in [0, 0.1) is 0 Å². The molecule has 0 radical (unpaired) electrons. The molecule has 28 heavy (non-hydrogen) atoms. The quantitative estimate of drug-likeness (QED) is 0.804. The zero-order valence-electron chi connectivity index (χ0n) is 15.1. The fraction of sp³-hybridized carbons (Fsp3) is 0.222. The Labute approximate surface area is 161 Å². The monoisotopic (exact) mass is 403 g/mol. The van der Waals surface area contributed by atoms with Crippen LogP contribution >= 0.6 is 0 Å². The lowest BCUT2D eigenvalue weighted by atomic mass is 10.2. The summed E-state index contributed by atoms with van der Waals surface area (Å²) in [4.78, 5) is 24.9. The number of hydrogen-bond donors (Lipinski definition) is 2. The maximum atomic E-state index is 12.8. The molecule has 0 bridgehead atoms. The predicted molar refractivity (Wildman–Crippen MR) is 101 cm³/mol. The minimum Gasteiger partial charge on any atom is -0.482 e. The van der Waals surface area contributed by atoms with Crippen LogP contribution in [0.3, 0.4) is 0 Å². The van der Waals surface area contributed by atoms with Gasteiger partial charge in [0.15, 0.2) is 12.7 Å². The minimum atomic E-state index is -3.94. The molecule has 4 rings (SSSR count). The summed E-state index contributed by atoms with van der Waals surface area (Å²) < 4.78 is 38.8. The summed E-state index contributed by atoms with van der Waals surface area (Å²) in [5, 5.41) is 2.62. The first-order chi connectivity index (χ1) is 13.2. The number of nitrogens with zero attached hydrogens (tertiary/aromatic N) is 1. The second kappa shape index (κ2) is 6.41. The molecular formula is C18H17N3O6S. The molecule has 0 fully saturated rings. The SMILES string of the molecule is CC1Oc2ccc(S(=O)(=O)Nc3ccc4c(c3)N(C)C(=O)CO4)cc2NC1=O. The normalized spacial score (nSPS) is 18.4. The molecule has 2 aromatic rings. The van der Waals surface area contributed by atoms with Crippen LogP contribution in [0.4, 0.5) is 17.1 Å². The number of benzene rings is 2. The van der Waals surface area contributed by atoms with Crippen molar-refractivity contribution in [3.63, 3.8) is 0 Å². The highest BCUT2D eigenvalue weighted by atomic mass is 32.2. The second-order valence-corrected chi connectivity index (χ2v) is 8.12. The van der Waals surface area contributed by atoms with Crippen LogP contribution in [-0.2, 0) is 19.6 Å². The zero-order valence-corrected chi connectivity index (χ0v) is 15.9. The standard InChI is InChI=1S/C18H17N3O6S/c1-10-18(23)19-13-8-12(4-6-15(13)27-10)28(24,25)20-11-3-5-16-14(7-11)21(2)17(22)9-26-16/h3-8,10,20H,9H2,1-2H3,(H,19,23). The van der Waals surface area contributed by atoms with Crippen molar-refractivity contribution in [1.82, 2.24) is 0 Å². The van der Waals surface area contributed by atoms with Crippen molar-refractivity contribution in [2.45, 2.75) is 17.9 Å². The van der Waals surface area contributed by atoms with Crippen molar-refractivity contribution in [3.05, 3.63) is 36.4 Å². The average Bonchev–Trinajstić information content (AvgIpc) is 2.65. The van der Waals surface area contributed by atoms with E-state index in [4.69, 9.17) is 9.47 Å². The number of nitrogens with one attached hydrogen (secondary N) is 2. The van der Waals surface area contributed by atoms with Gasteiger partial charge in [-0.05, 0) is 43.3 Å². The molecule has 1 unspecified atom stereocenters. The smallest absolute Gasteiger partial charge is 0.265 e. The van der Waals surface area contributed by atoms with Crippen LogP contribution in [0.5, 0.6) is 11.5 Å². The van der Waals surface area contributed by atoms with Gasteiger partial charge in [-0.1, -0.05) is 0 Å². The summed E-state index contributed by atoms with van der Waals surface area (Å²) in [6.07, 6.45) is -0.648. The molecule has 2 aromatic carbocycles. The topological polar surface area (TPSA) is 114 Å². The van der Waals surface area contributed by atoms with Crippen molar-refractivity contribution in [2.75, 3.05) is 28.6 Å². The third-order valence-electron chi connectivity index (χ3n) is 4.49. The van der Waals surface area contributed by atoms with Gasteiger partial charge in [-0.3, -0.25) is 14.3 Å². The van der Waals surface area contributed by atoms with Gasteiger partial charge < -0.3 is 19.7 Å². The Morgan fingerprint density at radius 2 is 1.89 bits per heavy atom. The Bertz CT molecular complexity index is 1100.